The molecule has 0 radical (unpaired) electrons. The Morgan fingerprint density at radius 3 is 2.68 bits per heavy atom. The predicted molar refractivity (Wildman–Crippen MR) is 77.3 cm³/mol. The van der Waals surface area contributed by atoms with Crippen LogP contribution in [0.25, 0.3) is 0 Å². The molecule has 0 aliphatic carbocycles. The Balaban J connectivity index is 1.81. The molecule has 1 aromatic heterocycles. The Morgan fingerprint density at radius 1 is 1.32 bits per heavy atom. The second-order valence-corrected chi connectivity index (χ2v) is 5.65. The first-order chi connectivity index (χ1) is 9.21. The van der Waals surface area contributed by atoms with Gasteiger partial charge in [0.25, 0.3) is 0 Å². The van der Waals surface area contributed by atoms with Crippen LogP contribution >= 0.6 is 0 Å². The van der Waals surface area contributed by atoms with Crippen LogP contribution in [0.1, 0.15) is 23.4 Å². The number of aryl methyl sites for hydroxylation is 3. The fraction of sp³-hybridized carbons (Fsp3) is 0.438. The van der Waals surface area contributed by atoms with Gasteiger partial charge in [-0.1, -0.05) is 24.3 Å². The first kappa shape index (κ1) is 12.4. The maximum absolute atomic E-state index is 4.44. The lowest BCUT2D eigenvalue weighted by molar-refractivity contribution is 0.255. The lowest BCUT2D eigenvalue weighted by Gasteiger charge is -2.44. The Labute approximate surface area is 114 Å². The minimum absolute atomic E-state index is 0.303. The summed E-state index contributed by atoms with van der Waals surface area (Å²) < 4.78 is 2.12. The molecule has 0 spiro atoms. The smallest absolute Gasteiger partial charge is 0.108 e. The average molecular weight is 255 g/mol. The van der Waals surface area contributed by atoms with Crippen molar-refractivity contribution in [2.75, 3.05) is 13.1 Å². The average Bonchev–Trinajstić information content (AvgIpc) is 2.76. The van der Waals surface area contributed by atoms with E-state index in [1.165, 1.54) is 17.0 Å². The minimum Gasteiger partial charge on any atom is -0.338 e. The van der Waals surface area contributed by atoms with Gasteiger partial charge >= 0.3 is 0 Å². The molecular formula is C16H21N3. The summed E-state index contributed by atoms with van der Waals surface area (Å²) in [6.07, 6.45) is 6.11. The molecule has 0 amide bonds. The van der Waals surface area contributed by atoms with E-state index >= 15 is 0 Å². The molecule has 1 N–H and O–H groups in total. The molecule has 0 bridgehead atoms. The summed E-state index contributed by atoms with van der Waals surface area (Å²) in [6.45, 7) is 4.39. The molecule has 0 atom stereocenters. The zero-order valence-electron chi connectivity index (χ0n) is 11.7. The summed E-state index contributed by atoms with van der Waals surface area (Å²) in [5, 5.41) is 3.45. The van der Waals surface area contributed by atoms with E-state index in [9.17, 15) is 0 Å². The third-order valence-corrected chi connectivity index (χ3v) is 4.39. The molecule has 3 nitrogen and oxygen atoms in total. The van der Waals surface area contributed by atoms with Crippen LogP contribution < -0.4 is 5.32 Å². The third-order valence-electron chi connectivity index (χ3n) is 4.39. The van der Waals surface area contributed by atoms with Crippen molar-refractivity contribution in [3.63, 3.8) is 0 Å². The van der Waals surface area contributed by atoms with E-state index in [-0.39, 0.29) is 0 Å². The Morgan fingerprint density at radius 2 is 2.11 bits per heavy atom. The highest BCUT2D eigenvalue weighted by Crippen LogP contribution is 2.35. The van der Waals surface area contributed by atoms with E-state index in [1.807, 2.05) is 12.4 Å². The van der Waals surface area contributed by atoms with Gasteiger partial charge in [-0.15, -0.1) is 0 Å². The fourth-order valence-corrected chi connectivity index (χ4v) is 3.09. The van der Waals surface area contributed by atoms with Crippen LogP contribution in [0.5, 0.6) is 0 Å². The van der Waals surface area contributed by atoms with Gasteiger partial charge in [0.1, 0.15) is 5.82 Å². The SMILES string of the molecule is Cc1ccccc1C1(CCc2nccn2C)CNC1. The maximum atomic E-state index is 4.44. The fourth-order valence-electron chi connectivity index (χ4n) is 3.09. The van der Waals surface area contributed by atoms with Gasteiger partial charge in [0.15, 0.2) is 0 Å². The second kappa shape index (κ2) is 4.82. The van der Waals surface area contributed by atoms with Crippen molar-refractivity contribution in [2.24, 2.45) is 7.05 Å². The zero-order valence-corrected chi connectivity index (χ0v) is 11.7. The maximum Gasteiger partial charge on any atom is 0.108 e. The van der Waals surface area contributed by atoms with Crippen molar-refractivity contribution in [2.45, 2.75) is 25.2 Å². The third kappa shape index (κ3) is 2.19. The number of aromatic nitrogens is 2. The molecule has 1 aliphatic heterocycles. The molecule has 0 unspecified atom stereocenters. The number of benzene rings is 1. The molecular weight excluding hydrogens is 234 g/mol. The number of imidazole rings is 1. The molecule has 2 heterocycles. The monoisotopic (exact) mass is 255 g/mol. The Kier molecular flexibility index (Phi) is 3.15. The van der Waals surface area contributed by atoms with Crippen LogP contribution in [0, 0.1) is 6.92 Å². The normalized spacial score (nSPS) is 17.2. The van der Waals surface area contributed by atoms with Gasteiger partial charge in [0.2, 0.25) is 0 Å². The number of hydrogen-bond donors (Lipinski definition) is 1. The summed E-state index contributed by atoms with van der Waals surface area (Å²) in [4.78, 5) is 4.44. The van der Waals surface area contributed by atoms with E-state index in [0.29, 0.717) is 5.41 Å². The first-order valence-corrected chi connectivity index (χ1v) is 6.94. The molecule has 3 heteroatoms. The van der Waals surface area contributed by atoms with Crippen LogP contribution in [0.2, 0.25) is 0 Å². The van der Waals surface area contributed by atoms with Crippen molar-refractivity contribution in [1.82, 2.24) is 14.9 Å². The van der Waals surface area contributed by atoms with Crippen LogP contribution in [0.4, 0.5) is 0 Å². The molecule has 3 rings (SSSR count). The topological polar surface area (TPSA) is 29.9 Å². The second-order valence-electron chi connectivity index (χ2n) is 5.65. The van der Waals surface area contributed by atoms with Crippen LogP contribution in [-0.2, 0) is 18.9 Å². The summed E-state index contributed by atoms with van der Waals surface area (Å²) >= 11 is 0. The summed E-state index contributed by atoms with van der Waals surface area (Å²) in [6, 6.07) is 8.78. The Bertz CT molecular complexity index is 567. The van der Waals surface area contributed by atoms with Crippen LogP contribution in [0.15, 0.2) is 36.7 Å². The highest BCUT2D eigenvalue weighted by molar-refractivity contribution is 5.36. The highest BCUT2D eigenvalue weighted by atomic mass is 15.0. The number of hydrogen-bond acceptors (Lipinski definition) is 2. The molecule has 0 saturated carbocycles. The molecule has 100 valence electrons. The quantitative estimate of drug-likeness (QED) is 0.907. The number of nitrogens with zero attached hydrogens (tertiary/aromatic N) is 2. The highest BCUT2D eigenvalue weighted by Gasteiger charge is 2.39. The van der Waals surface area contributed by atoms with E-state index < -0.39 is 0 Å². The van der Waals surface area contributed by atoms with Crippen molar-refractivity contribution in [3.05, 3.63) is 53.6 Å². The van der Waals surface area contributed by atoms with E-state index in [2.05, 4.69) is 53.1 Å². The summed E-state index contributed by atoms with van der Waals surface area (Å²) in [5.74, 6) is 1.18. The van der Waals surface area contributed by atoms with Crippen molar-refractivity contribution < 1.29 is 0 Å². The minimum atomic E-state index is 0.303. The van der Waals surface area contributed by atoms with E-state index in [0.717, 1.165) is 25.9 Å². The van der Waals surface area contributed by atoms with Gasteiger partial charge in [0.05, 0.1) is 0 Å². The standard InChI is InChI=1S/C16H21N3/c1-13-5-3-4-6-14(13)16(11-17-12-16)8-7-15-18-9-10-19(15)2/h3-6,9-10,17H,7-8,11-12H2,1-2H3. The van der Waals surface area contributed by atoms with Crippen molar-refractivity contribution in [1.29, 1.82) is 0 Å². The Hall–Kier alpha value is -1.61. The van der Waals surface area contributed by atoms with Crippen molar-refractivity contribution >= 4 is 0 Å². The van der Waals surface area contributed by atoms with Crippen molar-refractivity contribution in [3.8, 4) is 0 Å². The van der Waals surface area contributed by atoms with Gasteiger partial charge in [0, 0.05) is 44.4 Å². The van der Waals surface area contributed by atoms with E-state index in [4.69, 9.17) is 0 Å². The molecule has 1 aromatic carbocycles. The summed E-state index contributed by atoms with van der Waals surface area (Å²) in [7, 11) is 2.07. The molecule has 1 saturated heterocycles. The van der Waals surface area contributed by atoms with Gasteiger partial charge < -0.3 is 9.88 Å². The van der Waals surface area contributed by atoms with E-state index in [1.54, 1.807) is 0 Å². The van der Waals surface area contributed by atoms with Gasteiger partial charge in [-0.2, -0.15) is 0 Å². The van der Waals surface area contributed by atoms with Gasteiger partial charge in [-0.25, -0.2) is 4.98 Å². The zero-order chi connectivity index (χ0) is 13.3. The van der Waals surface area contributed by atoms with Gasteiger partial charge in [-0.05, 0) is 24.5 Å². The lowest BCUT2D eigenvalue weighted by atomic mass is 9.70. The summed E-state index contributed by atoms with van der Waals surface area (Å²) in [5.41, 5.74) is 3.21. The molecule has 1 fully saturated rings. The molecule has 19 heavy (non-hydrogen) atoms. The predicted octanol–water partition coefficient (Wildman–Crippen LogP) is 2.20. The largest absolute Gasteiger partial charge is 0.338 e. The van der Waals surface area contributed by atoms with Gasteiger partial charge in [-0.3, -0.25) is 0 Å². The van der Waals surface area contributed by atoms with Crippen LogP contribution in [0.3, 0.4) is 0 Å². The molecule has 2 aromatic rings. The number of rotatable bonds is 4. The van der Waals surface area contributed by atoms with Crippen LogP contribution in [-0.4, -0.2) is 22.6 Å². The first-order valence-electron chi connectivity index (χ1n) is 6.94. The number of nitrogens with one attached hydrogen (secondary N) is 1. The molecule has 1 aliphatic rings. The lowest BCUT2D eigenvalue weighted by Crippen LogP contribution is -2.57.